The average molecular weight is 303 g/mol. The van der Waals surface area contributed by atoms with E-state index in [0.29, 0.717) is 12.0 Å². The van der Waals surface area contributed by atoms with Crippen LogP contribution in [0, 0.1) is 5.92 Å². The molecular formula is C16H21N3OS. The topological polar surface area (TPSA) is 38.2 Å². The van der Waals surface area contributed by atoms with E-state index in [1.165, 1.54) is 18.2 Å². The summed E-state index contributed by atoms with van der Waals surface area (Å²) in [5, 5.41) is 3.34. The Kier molecular flexibility index (Phi) is 3.55. The second-order valence-electron chi connectivity index (χ2n) is 6.00. The number of rotatable bonds is 2. The number of fused-ring (bicyclic) bond motifs is 2. The molecule has 2 atom stereocenters. The van der Waals surface area contributed by atoms with E-state index in [9.17, 15) is 0 Å². The van der Waals surface area contributed by atoms with Crippen molar-refractivity contribution in [3.8, 4) is 0 Å². The third-order valence-electron chi connectivity index (χ3n) is 4.68. The molecule has 0 amide bonds. The van der Waals surface area contributed by atoms with Crippen LogP contribution in [-0.4, -0.2) is 35.8 Å². The molecule has 0 aliphatic carbocycles. The van der Waals surface area contributed by atoms with Gasteiger partial charge in [-0.25, -0.2) is 9.97 Å². The highest BCUT2D eigenvalue weighted by molar-refractivity contribution is 7.16. The van der Waals surface area contributed by atoms with Gasteiger partial charge < -0.3 is 9.64 Å². The van der Waals surface area contributed by atoms with E-state index >= 15 is 0 Å². The Morgan fingerprint density at radius 3 is 3.24 bits per heavy atom. The van der Waals surface area contributed by atoms with Crippen LogP contribution in [0.25, 0.3) is 10.2 Å². The van der Waals surface area contributed by atoms with Crippen LogP contribution < -0.4 is 4.90 Å². The molecule has 2 aliphatic rings. The van der Waals surface area contributed by atoms with Crippen LogP contribution in [0.1, 0.15) is 32.0 Å². The molecule has 2 unspecified atom stereocenters. The van der Waals surface area contributed by atoms with E-state index in [1.807, 2.05) is 0 Å². The number of hydrogen-bond donors (Lipinski definition) is 0. The highest BCUT2D eigenvalue weighted by Gasteiger charge is 2.33. The molecule has 2 aromatic rings. The monoisotopic (exact) mass is 303 g/mol. The number of anilines is 1. The average Bonchev–Trinajstić information content (AvgIpc) is 3.01. The lowest BCUT2D eigenvalue weighted by Crippen LogP contribution is -2.46. The number of aryl methyl sites for hydroxylation is 1. The zero-order valence-corrected chi connectivity index (χ0v) is 13.2. The highest BCUT2D eigenvalue weighted by atomic mass is 32.1. The fourth-order valence-electron chi connectivity index (χ4n) is 3.56. The Bertz CT molecular complexity index is 641. The predicted molar refractivity (Wildman–Crippen MR) is 86.1 cm³/mol. The SMILES string of the molecule is CCc1nc(N2CCC3OCCCC3C2)c2ccsc2n1. The first kappa shape index (κ1) is 13.5. The lowest BCUT2D eigenvalue weighted by atomic mass is 9.88. The summed E-state index contributed by atoms with van der Waals surface area (Å²) in [5.41, 5.74) is 0. The van der Waals surface area contributed by atoms with Crippen LogP contribution in [0.3, 0.4) is 0 Å². The molecule has 4 nitrogen and oxygen atoms in total. The lowest BCUT2D eigenvalue weighted by Gasteiger charge is -2.41. The largest absolute Gasteiger partial charge is 0.378 e. The van der Waals surface area contributed by atoms with Crippen molar-refractivity contribution >= 4 is 27.4 Å². The number of thiophene rings is 1. The Labute approximate surface area is 129 Å². The van der Waals surface area contributed by atoms with Crippen molar-refractivity contribution in [2.24, 2.45) is 5.92 Å². The molecule has 0 N–H and O–H groups in total. The number of piperidine rings is 1. The summed E-state index contributed by atoms with van der Waals surface area (Å²) < 4.78 is 5.93. The van der Waals surface area contributed by atoms with Gasteiger partial charge in [-0.05, 0) is 30.7 Å². The first-order valence-corrected chi connectivity index (χ1v) is 8.84. The van der Waals surface area contributed by atoms with Gasteiger partial charge in [0.25, 0.3) is 0 Å². The van der Waals surface area contributed by atoms with Gasteiger partial charge >= 0.3 is 0 Å². The zero-order valence-electron chi connectivity index (χ0n) is 12.4. The molecule has 4 heterocycles. The number of nitrogens with zero attached hydrogens (tertiary/aromatic N) is 3. The maximum Gasteiger partial charge on any atom is 0.141 e. The molecule has 112 valence electrons. The molecule has 2 aromatic heterocycles. The Hall–Kier alpha value is -1.20. The molecule has 0 saturated carbocycles. The molecule has 2 aliphatic heterocycles. The number of aromatic nitrogens is 2. The molecule has 0 spiro atoms. The predicted octanol–water partition coefficient (Wildman–Crippen LogP) is 3.26. The summed E-state index contributed by atoms with van der Waals surface area (Å²) in [6, 6.07) is 2.16. The molecule has 0 aromatic carbocycles. The molecule has 21 heavy (non-hydrogen) atoms. The highest BCUT2D eigenvalue weighted by Crippen LogP contribution is 2.34. The van der Waals surface area contributed by atoms with E-state index in [2.05, 4.69) is 28.3 Å². The van der Waals surface area contributed by atoms with Crippen molar-refractivity contribution in [3.63, 3.8) is 0 Å². The molecule has 4 rings (SSSR count). The molecule has 2 fully saturated rings. The fraction of sp³-hybridized carbons (Fsp3) is 0.625. The number of hydrogen-bond acceptors (Lipinski definition) is 5. The van der Waals surface area contributed by atoms with Gasteiger partial charge in [0.2, 0.25) is 0 Å². The van der Waals surface area contributed by atoms with Gasteiger partial charge in [0, 0.05) is 32.0 Å². The first-order valence-electron chi connectivity index (χ1n) is 7.96. The van der Waals surface area contributed by atoms with Crippen LogP contribution in [0.4, 0.5) is 5.82 Å². The van der Waals surface area contributed by atoms with Crippen LogP contribution in [-0.2, 0) is 11.2 Å². The molecular weight excluding hydrogens is 282 g/mol. The minimum atomic E-state index is 0.473. The van der Waals surface area contributed by atoms with Crippen LogP contribution in [0.15, 0.2) is 11.4 Å². The summed E-state index contributed by atoms with van der Waals surface area (Å²) in [6.07, 6.45) is 4.98. The van der Waals surface area contributed by atoms with Crippen LogP contribution >= 0.6 is 11.3 Å². The minimum Gasteiger partial charge on any atom is -0.378 e. The van der Waals surface area contributed by atoms with Crippen molar-refractivity contribution in [2.75, 3.05) is 24.6 Å². The molecule has 0 bridgehead atoms. The summed E-state index contributed by atoms with van der Waals surface area (Å²) >= 11 is 1.72. The van der Waals surface area contributed by atoms with E-state index in [1.54, 1.807) is 11.3 Å². The summed E-state index contributed by atoms with van der Waals surface area (Å²) in [6.45, 7) is 5.20. The van der Waals surface area contributed by atoms with Gasteiger partial charge in [-0.2, -0.15) is 0 Å². The molecule has 5 heteroatoms. The van der Waals surface area contributed by atoms with Crippen LogP contribution in [0.2, 0.25) is 0 Å². The second kappa shape index (κ2) is 5.54. The maximum atomic E-state index is 5.93. The van der Waals surface area contributed by atoms with Gasteiger partial charge in [0.1, 0.15) is 16.5 Å². The maximum absolute atomic E-state index is 5.93. The van der Waals surface area contributed by atoms with E-state index < -0.39 is 0 Å². The summed E-state index contributed by atoms with van der Waals surface area (Å²) in [4.78, 5) is 13.1. The summed E-state index contributed by atoms with van der Waals surface area (Å²) in [5.74, 6) is 2.77. The van der Waals surface area contributed by atoms with E-state index in [0.717, 1.165) is 49.0 Å². The summed E-state index contributed by atoms with van der Waals surface area (Å²) in [7, 11) is 0. The van der Waals surface area contributed by atoms with Crippen molar-refractivity contribution in [2.45, 2.75) is 38.7 Å². The first-order chi connectivity index (χ1) is 10.3. The zero-order chi connectivity index (χ0) is 14.2. The molecule has 0 radical (unpaired) electrons. The smallest absolute Gasteiger partial charge is 0.141 e. The fourth-order valence-corrected chi connectivity index (χ4v) is 4.34. The van der Waals surface area contributed by atoms with Crippen molar-refractivity contribution in [1.82, 2.24) is 9.97 Å². The third kappa shape index (κ3) is 2.42. The van der Waals surface area contributed by atoms with Gasteiger partial charge in [0.05, 0.1) is 11.5 Å². The Balaban J connectivity index is 1.67. The Morgan fingerprint density at radius 1 is 1.38 bits per heavy atom. The van der Waals surface area contributed by atoms with Gasteiger partial charge in [-0.15, -0.1) is 11.3 Å². The minimum absolute atomic E-state index is 0.473. The number of ether oxygens (including phenoxy) is 1. The normalized spacial score (nSPS) is 26.0. The van der Waals surface area contributed by atoms with Gasteiger partial charge in [0.15, 0.2) is 0 Å². The Morgan fingerprint density at radius 2 is 2.33 bits per heavy atom. The second-order valence-corrected chi connectivity index (χ2v) is 6.90. The quantitative estimate of drug-likeness (QED) is 0.853. The van der Waals surface area contributed by atoms with E-state index in [-0.39, 0.29) is 0 Å². The van der Waals surface area contributed by atoms with Crippen molar-refractivity contribution in [1.29, 1.82) is 0 Å². The van der Waals surface area contributed by atoms with Crippen molar-refractivity contribution in [3.05, 3.63) is 17.3 Å². The van der Waals surface area contributed by atoms with Gasteiger partial charge in [-0.1, -0.05) is 6.92 Å². The third-order valence-corrected chi connectivity index (χ3v) is 5.49. The van der Waals surface area contributed by atoms with E-state index in [4.69, 9.17) is 9.72 Å². The van der Waals surface area contributed by atoms with Gasteiger partial charge in [-0.3, -0.25) is 0 Å². The standard InChI is InChI=1S/C16H21N3OS/c1-2-14-17-15(12-6-9-21-16(12)18-14)19-7-5-13-11(10-19)4-3-8-20-13/h6,9,11,13H,2-5,7-8,10H2,1H3. The lowest BCUT2D eigenvalue weighted by molar-refractivity contribution is -0.0357. The molecule has 2 saturated heterocycles. The van der Waals surface area contributed by atoms with Crippen molar-refractivity contribution < 1.29 is 4.74 Å². The van der Waals surface area contributed by atoms with Crippen LogP contribution in [0.5, 0.6) is 0 Å².